The summed E-state index contributed by atoms with van der Waals surface area (Å²) in [6.07, 6.45) is 9.40. The molecule has 6 aliphatic rings. The molecule has 0 heteroatoms. The van der Waals surface area contributed by atoms with Gasteiger partial charge in [-0.1, -0.05) is 40.5 Å². The largest absolute Gasteiger partial charge is 0.0651 e. The Labute approximate surface area is 136 Å². The highest BCUT2D eigenvalue weighted by Gasteiger charge is 2.86. The molecule has 0 spiro atoms. The maximum absolute atomic E-state index is 2.79. The molecule has 0 radical (unpaired) electrons. The van der Waals surface area contributed by atoms with Crippen LogP contribution >= 0.6 is 0 Å². The smallest absolute Gasteiger partial charge is 0.0201 e. The molecular formula is C22H34. The second kappa shape index (κ2) is 3.65. The molecule has 0 saturated heterocycles. The van der Waals surface area contributed by atoms with Crippen LogP contribution in [0.4, 0.5) is 0 Å². The molecule has 4 bridgehead atoms. The number of rotatable bonds is 2. The van der Waals surface area contributed by atoms with E-state index < -0.39 is 0 Å². The molecule has 22 heavy (non-hydrogen) atoms. The zero-order valence-electron chi connectivity index (χ0n) is 15.0. The standard InChI is InChI=1S/C22H34/c1-5-13-14(6-2)18-16-10-15(17(13)18)21(3)19-11-7-8-12(9-11)20(19)22(16,21)4/h11-20H,5-10H2,1-4H3. The van der Waals surface area contributed by atoms with E-state index in [-0.39, 0.29) is 0 Å². The number of hydrogen-bond donors (Lipinski definition) is 0. The van der Waals surface area contributed by atoms with E-state index >= 15 is 0 Å². The average Bonchev–Trinajstić information content (AvgIpc) is 3.19. The average molecular weight is 299 g/mol. The lowest BCUT2D eigenvalue weighted by molar-refractivity contribution is -0.296. The summed E-state index contributed by atoms with van der Waals surface area (Å²) in [5.41, 5.74) is 1.52. The van der Waals surface area contributed by atoms with Crippen molar-refractivity contribution in [2.45, 2.75) is 66.2 Å². The minimum Gasteiger partial charge on any atom is -0.0651 e. The van der Waals surface area contributed by atoms with E-state index in [0.717, 1.165) is 70.0 Å². The van der Waals surface area contributed by atoms with Crippen LogP contribution in [0.1, 0.15) is 66.2 Å². The van der Waals surface area contributed by atoms with Gasteiger partial charge in [0.15, 0.2) is 0 Å². The summed E-state index contributed by atoms with van der Waals surface area (Å²) in [5, 5.41) is 0. The van der Waals surface area contributed by atoms with Crippen molar-refractivity contribution in [3.8, 4) is 0 Å². The van der Waals surface area contributed by atoms with Crippen LogP contribution in [0.2, 0.25) is 0 Å². The SMILES string of the molecule is CCC1C(CC)C2C1C1CC2C2(C)C3C4CCC(C4)C3C12C. The summed E-state index contributed by atoms with van der Waals surface area (Å²) in [6, 6.07) is 0. The highest BCUT2D eigenvalue weighted by atomic mass is 14.9. The Morgan fingerprint density at radius 3 is 1.59 bits per heavy atom. The van der Waals surface area contributed by atoms with E-state index in [2.05, 4.69) is 27.7 Å². The highest BCUT2D eigenvalue weighted by molar-refractivity contribution is 5.33. The van der Waals surface area contributed by atoms with Crippen LogP contribution < -0.4 is 0 Å². The zero-order valence-corrected chi connectivity index (χ0v) is 15.0. The molecule has 6 aliphatic carbocycles. The molecule has 12 atom stereocenters. The van der Waals surface area contributed by atoms with Gasteiger partial charge in [-0.05, 0) is 95.7 Å². The van der Waals surface area contributed by atoms with Gasteiger partial charge in [-0.2, -0.15) is 0 Å². The Bertz CT molecular complexity index is 490. The van der Waals surface area contributed by atoms with E-state index in [1.54, 1.807) is 25.7 Å². The lowest BCUT2D eigenvalue weighted by Crippen LogP contribution is -2.72. The molecule has 122 valence electrons. The molecule has 0 aromatic carbocycles. The molecule has 6 rings (SSSR count). The second-order valence-electron chi connectivity index (χ2n) is 10.7. The fourth-order valence-corrected chi connectivity index (χ4v) is 11.1. The Morgan fingerprint density at radius 2 is 1.18 bits per heavy atom. The Balaban J connectivity index is 1.44. The molecule has 6 saturated carbocycles. The third-order valence-electron chi connectivity index (χ3n) is 11.4. The van der Waals surface area contributed by atoms with E-state index in [9.17, 15) is 0 Å². The van der Waals surface area contributed by atoms with Gasteiger partial charge in [0.05, 0.1) is 0 Å². The predicted octanol–water partition coefficient (Wildman–Crippen LogP) is 5.62. The minimum atomic E-state index is 0.759. The zero-order chi connectivity index (χ0) is 15.0. The summed E-state index contributed by atoms with van der Waals surface area (Å²) < 4.78 is 0. The van der Waals surface area contributed by atoms with E-state index in [4.69, 9.17) is 0 Å². The summed E-state index contributed by atoms with van der Waals surface area (Å²) in [4.78, 5) is 0. The van der Waals surface area contributed by atoms with Gasteiger partial charge in [-0.25, -0.2) is 0 Å². The number of hydrogen-bond acceptors (Lipinski definition) is 0. The van der Waals surface area contributed by atoms with Crippen molar-refractivity contribution < 1.29 is 0 Å². The van der Waals surface area contributed by atoms with Gasteiger partial charge in [0, 0.05) is 0 Å². The summed E-state index contributed by atoms with van der Waals surface area (Å²) in [5.74, 6) is 11.4. The van der Waals surface area contributed by atoms with Crippen LogP contribution in [0.25, 0.3) is 0 Å². The lowest BCUT2D eigenvalue weighted by atomic mass is 9.28. The first-order valence-electron chi connectivity index (χ1n) is 10.6. The van der Waals surface area contributed by atoms with E-state index in [1.165, 1.54) is 12.8 Å². The molecule has 0 amide bonds. The van der Waals surface area contributed by atoms with Crippen molar-refractivity contribution >= 4 is 0 Å². The van der Waals surface area contributed by atoms with Gasteiger partial charge in [0.2, 0.25) is 0 Å². The Kier molecular flexibility index (Phi) is 2.21. The van der Waals surface area contributed by atoms with Crippen molar-refractivity contribution in [3.05, 3.63) is 0 Å². The van der Waals surface area contributed by atoms with Crippen molar-refractivity contribution in [1.29, 1.82) is 0 Å². The second-order valence-corrected chi connectivity index (χ2v) is 10.7. The van der Waals surface area contributed by atoms with E-state index in [1.807, 2.05) is 0 Å². The maximum atomic E-state index is 2.79. The topological polar surface area (TPSA) is 0 Å². The van der Waals surface area contributed by atoms with Crippen LogP contribution in [0.5, 0.6) is 0 Å². The first kappa shape index (κ1) is 13.3. The van der Waals surface area contributed by atoms with Crippen molar-refractivity contribution in [2.24, 2.45) is 70.0 Å². The Morgan fingerprint density at radius 1 is 0.727 bits per heavy atom. The molecule has 0 heterocycles. The molecule has 0 nitrogen and oxygen atoms in total. The summed E-state index contributed by atoms with van der Waals surface area (Å²) in [6.45, 7) is 10.6. The Hall–Kier alpha value is 0. The summed E-state index contributed by atoms with van der Waals surface area (Å²) in [7, 11) is 0. The van der Waals surface area contributed by atoms with E-state index in [0.29, 0.717) is 0 Å². The van der Waals surface area contributed by atoms with Gasteiger partial charge < -0.3 is 0 Å². The van der Waals surface area contributed by atoms with Crippen LogP contribution in [-0.2, 0) is 0 Å². The first-order chi connectivity index (χ1) is 10.6. The van der Waals surface area contributed by atoms with Gasteiger partial charge >= 0.3 is 0 Å². The van der Waals surface area contributed by atoms with Crippen LogP contribution in [0.3, 0.4) is 0 Å². The quantitative estimate of drug-likeness (QED) is 0.580. The molecule has 12 unspecified atom stereocenters. The van der Waals surface area contributed by atoms with Gasteiger partial charge in [0.1, 0.15) is 0 Å². The maximum Gasteiger partial charge on any atom is -0.0201 e. The van der Waals surface area contributed by atoms with Gasteiger partial charge in [-0.3, -0.25) is 0 Å². The molecule has 0 N–H and O–H groups in total. The van der Waals surface area contributed by atoms with Crippen LogP contribution in [0, 0.1) is 70.0 Å². The monoisotopic (exact) mass is 298 g/mol. The number of fused-ring (bicyclic) bond motifs is 15. The minimum absolute atomic E-state index is 0.759. The van der Waals surface area contributed by atoms with Gasteiger partial charge in [0.25, 0.3) is 0 Å². The lowest BCUT2D eigenvalue weighted by Gasteiger charge is -2.76. The van der Waals surface area contributed by atoms with Crippen LogP contribution in [0.15, 0.2) is 0 Å². The third kappa shape index (κ3) is 0.976. The molecule has 6 fully saturated rings. The predicted molar refractivity (Wildman–Crippen MR) is 90.2 cm³/mol. The van der Waals surface area contributed by atoms with Crippen molar-refractivity contribution in [1.82, 2.24) is 0 Å². The molecule has 0 aromatic rings. The van der Waals surface area contributed by atoms with Crippen molar-refractivity contribution in [3.63, 3.8) is 0 Å². The summed E-state index contributed by atoms with van der Waals surface area (Å²) >= 11 is 0. The van der Waals surface area contributed by atoms with Gasteiger partial charge in [-0.15, -0.1) is 0 Å². The fraction of sp³-hybridized carbons (Fsp3) is 1.00. The molecular weight excluding hydrogens is 264 g/mol. The normalized spacial score (nSPS) is 72.5. The van der Waals surface area contributed by atoms with Crippen LogP contribution in [-0.4, -0.2) is 0 Å². The fourth-order valence-electron chi connectivity index (χ4n) is 11.1. The third-order valence-corrected chi connectivity index (χ3v) is 11.4. The molecule has 0 aliphatic heterocycles. The molecule has 0 aromatic heterocycles. The first-order valence-corrected chi connectivity index (χ1v) is 10.6. The highest BCUT2D eigenvalue weighted by Crippen LogP contribution is 2.91. The van der Waals surface area contributed by atoms with Crippen molar-refractivity contribution in [2.75, 3.05) is 0 Å².